The lowest BCUT2D eigenvalue weighted by atomic mass is 10.0. The molecule has 0 radical (unpaired) electrons. The molecule has 8 heteroatoms. The summed E-state index contributed by atoms with van der Waals surface area (Å²) in [7, 11) is 0. The van der Waals surface area contributed by atoms with Gasteiger partial charge in [-0.15, -0.1) is 0 Å². The van der Waals surface area contributed by atoms with E-state index >= 15 is 0 Å². The Morgan fingerprint density at radius 2 is 2.00 bits per heavy atom. The van der Waals surface area contributed by atoms with Gasteiger partial charge in [0.05, 0.1) is 17.2 Å². The molecule has 0 aliphatic rings. The van der Waals surface area contributed by atoms with Crippen LogP contribution in [0.5, 0.6) is 17.2 Å². The molecule has 0 aromatic heterocycles. The summed E-state index contributed by atoms with van der Waals surface area (Å²) in [4.78, 5) is 0. The highest BCUT2D eigenvalue weighted by atomic mass is 35.5. The summed E-state index contributed by atoms with van der Waals surface area (Å²) in [5.74, 6) is 1.38. The molecule has 0 atom stereocenters. The number of phenolic OH excluding ortho intramolecular Hbond substituents is 1. The van der Waals surface area contributed by atoms with Crippen molar-refractivity contribution < 1.29 is 14.0 Å². The van der Waals surface area contributed by atoms with Gasteiger partial charge in [-0.3, -0.25) is 0 Å². The lowest BCUT2D eigenvalue weighted by Crippen LogP contribution is -2.27. The van der Waals surface area contributed by atoms with Crippen molar-refractivity contribution in [2.24, 2.45) is 5.73 Å². The van der Waals surface area contributed by atoms with E-state index in [2.05, 4.69) is 24.2 Å². The van der Waals surface area contributed by atoms with Crippen molar-refractivity contribution >= 4 is 29.4 Å². The summed E-state index contributed by atoms with van der Waals surface area (Å²) in [5.41, 5.74) is 8.17. The van der Waals surface area contributed by atoms with Crippen LogP contribution in [0.15, 0.2) is 48.7 Å². The summed E-state index contributed by atoms with van der Waals surface area (Å²) in [6.07, 6.45) is 5.83. The topological polar surface area (TPSA) is 91.7 Å². The maximum atomic E-state index is 10.3. The molecule has 0 fully saturated rings. The van der Waals surface area contributed by atoms with Crippen molar-refractivity contribution in [2.45, 2.75) is 54.0 Å². The second-order valence-corrected chi connectivity index (χ2v) is 8.70. The fourth-order valence-electron chi connectivity index (χ4n) is 3.01. The van der Waals surface area contributed by atoms with Crippen molar-refractivity contribution in [1.82, 2.24) is 4.31 Å². The van der Waals surface area contributed by atoms with Gasteiger partial charge in [-0.2, -0.15) is 5.26 Å². The highest BCUT2D eigenvalue weighted by molar-refractivity contribution is 7.92. The molecule has 2 aromatic rings. The molecule has 3 N–H and O–H groups in total. The van der Waals surface area contributed by atoms with E-state index < -0.39 is 0 Å². The predicted octanol–water partition coefficient (Wildman–Crippen LogP) is 7.25. The molecule has 0 aliphatic carbocycles. The van der Waals surface area contributed by atoms with Gasteiger partial charge in [0.25, 0.3) is 0 Å². The van der Waals surface area contributed by atoms with Crippen LogP contribution in [0.2, 0.25) is 5.02 Å². The molecular weight excluding hydrogens is 482 g/mol. The Morgan fingerprint density at radius 3 is 2.57 bits per heavy atom. The molecule has 35 heavy (non-hydrogen) atoms. The number of halogens is 1. The minimum atomic E-state index is 0.142. The van der Waals surface area contributed by atoms with Crippen LogP contribution in [0, 0.1) is 18.3 Å². The number of rotatable bonds is 11. The number of hydrogen-bond acceptors (Lipinski definition) is 7. The van der Waals surface area contributed by atoms with Gasteiger partial charge in [0, 0.05) is 29.8 Å². The first-order chi connectivity index (χ1) is 16.8. The molecule has 0 aliphatic heterocycles. The zero-order chi connectivity index (χ0) is 26.4. The van der Waals surface area contributed by atoms with Gasteiger partial charge in [-0.25, -0.2) is 4.31 Å². The van der Waals surface area contributed by atoms with Crippen LogP contribution in [-0.2, 0) is 0 Å². The van der Waals surface area contributed by atoms with Crippen molar-refractivity contribution in [2.75, 3.05) is 13.2 Å². The normalized spacial score (nSPS) is 11.4. The monoisotopic (exact) mass is 517 g/mol. The third-order valence-corrected chi connectivity index (χ3v) is 6.45. The largest absolute Gasteiger partial charge is 0.507 e. The van der Waals surface area contributed by atoms with E-state index in [4.69, 9.17) is 31.5 Å². The summed E-state index contributed by atoms with van der Waals surface area (Å²) in [5, 5.41) is 19.8. The van der Waals surface area contributed by atoms with Crippen LogP contribution in [0.25, 0.3) is 5.57 Å². The molecule has 2 rings (SSSR count). The van der Waals surface area contributed by atoms with Crippen molar-refractivity contribution in [3.63, 3.8) is 0 Å². The maximum absolute atomic E-state index is 10.3. The lowest BCUT2D eigenvalue weighted by Gasteiger charge is -2.24. The van der Waals surface area contributed by atoms with Gasteiger partial charge < -0.3 is 19.8 Å². The standard InChI is InChI=1S/C25H30ClN3O3S.C2H6/c1-5-19(11-12-27)22-9-8-21(15-23(22)30)31-14-6-13-29(17(2)3)33-32-24-10-7-20(16-28)25(26)18(24)4;1-2/h5,7-12,15,17,30H,6,13-14,27H2,1-4H3;1-2H3/b12-11-,19-5+;. The fourth-order valence-corrected chi connectivity index (χ4v) is 3.95. The fraction of sp³-hybridized carbons (Fsp3) is 0.370. The first-order valence-corrected chi connectivity index (χ1v) is 12.7. The summed E-state index contributed by atoms with van der Waals surface area (Å²) in [6, 6.07) is 11.0. The number of hydrogen-bond donors (Lipinski definition) is 2. The molecule has 0 amide bonds. The molecule has 0 heterocycles. The number of nitrogens with zero attached hydrogens (tertiary/aromatic N) is 2. The first-order valence-electron chi connectivity index (χ1n) is 11.6. The van der Waals surface area contributed by atoms with Gasteiger partial charge in [0.1, 0.15) is 35.5 Å². The van der Waals surface area contributed by atoms with Crippen molar-refractivity contribution in [3.05, 3.63) is 70.4 Å². The SMILES string of the molecule is C/C=C(\C=C/N)c1ccc(OCCCN(SOc2ccc(C#N)c(Cl)c2C)C(C)C)cc1O.CC. The van der Waals surface area contributed by atoms with E-state index in [1.54, 1.807) is 24.3 Å². The van der Waals surface area contributed by atoms with E-state index in [0.29, 0.717) is 34.3 Å². The van der Waals surface area contributed by atoms with E-state index in [1.165, 1.54) is 18.4 Å². The minimum Gasteiger partial charge on any atom is -0.507 e. The number of aromatic hydroxyl groups is 1. The second-order valence-electron chi connectivity index (χ2n) is 7.54. The first kappa shape index (κ1) is 30.2. The Labute approximate surface area is 219 Å². The van der Waals surface area contributed by atoms with Crippen molar-refractivity contribution in [1.29, 1.82) is 5.26 Å². The van der Waals surface area contributed by atoms with Gasteiger partial charge in [-0.05, 0) is 76.2 Å². The van der Waals surface area contributed by atoms with E-state index in [9.17, 15) is 5.11 Å². The molecule has 0 saturated heterocycles. The van der Waals surface area contributed by atoms with Crippen LogP contribution in [0.1, 0.15) is 57.7 Å². The van der Waals surface area contributed by atoms with Crippen LogP contribution < -0.4 is 14.7 Å². The molecule has 0 saturated carbocycles. The minimum absolute atomic E-state index is 0.142. The van der Waals surface area contributed by atoms with Gasteiger partial charge in [-0.1, -0.05) is 31.5 Å². The smallest absolute Gasteiger partial charge is 0.146 e. The average molecular weight is 518 g/mol. The number of ether oxygens (including phenoxy) is 1. The third kappa shape index (κ3) is 9.06. The summed E-state index contributed by atoms with van der Waals surface area (Å²) < 4.78 is 13.8. The number of nitrogens with two attached hydrogens (primary N) is 1. The van der Waals surface area contributed by atoms with Crippen molar-refractivity contribution in [3.8, 4) is 23.3 Å². The average Bonchev–Trinajstić information content (AvgIpc) is 2.86. The predicted molar refractivity (Wildman–Crippen MR) is 148 cm³/mol. The van der Waals surface area contributed by atoms with E-state index in [0.717, 1.165) is 24.1 Å². The molecule has 6 nitrogen and oxygen atoms in total. The Morgan fingerprint density at radius 1 is 1.29 bits per heavy atom. The highest BCUT2D eigenvalue weighted by Gasteiger charge is 2.15. The Kier molecular flexibility index (Phi) is 13.8. The van der Waals surface area contributed by atoms with E-state index in [-0.39, 0.29) is 11.8 Å². The quantitative estimate of drug-likeness (QED) is 0.140. The zero-order valence-corrected chi connectivity index (χ0v) is 22.9. The molecular formula is C27H36ClN3O3S. The lowest BCUT2D eigenvalue weighted by molar-refractivity contribution is 0.279. The Balaban J connectivity index is 0.00000298. The van der Waals surface area contributed by atoms with Crippen LogP contribution >= 0.6 is 23.8 Å². The highest BCUT2D eigenvalue weighted by Crippen LogP contribution is 2.32. The van der Waals surface area contributed by atoms with Gasteiger partial charge in [0.2, 0.25) is 0 Å². The Hall–Kier alpha value is -2.79. The second kappa shape index (κ2) is 16.0. The zero-order valence-electron chi connectivity index (χ0n) is 21.3. The third-order valence-electron chi connectivity index (χ3n) is 4.91. The number of benzene rings is 2. The summed E-state index contributed by atoms with van der Waals surface area (Å²) in [6.45, 7) is 13.1. The van der Waals surface area contributed by atoms with Crippen LogP contribution in [0.4, 0.5) is 0 Å². The number of allylic oxidation sites excluding steroid dienone is 3. The molecule has 190 valence electrons. The van der Waals surface area contributed by atoms with E-state index in [1.807, 2.05) is 45.9 Å². The maximum Gasteiger partial charge on any atom is 0.146 e. The molecule has 2 aromatic carbocycles. The molecule has 0 spiro atoms. The van der Waals surface area contributed by atoms with Gasteiger partial charge >= 0.3 is 0 Å². The van der Waals surface area contributed by atoms with Gasteiger partial charge in [0.15, 0.2) is 0 Å². The van der Waals surface area contributed by atoms with Crippen LogP contribution in [0.3, 0.4) is 0 Å². The molecule has 0 unspecified atom stereocenters. The molecule has 0 bridgehead atoms. The summed E-state index contributed by atoms with van der Waals surface area (Å²) >= 11 is 7.48. The number of phenols is 1. The van der Waals surface area contributed by atoms with Crippen LogP contribution in [-0.4, -0.2) is 28.6 Å². The Bertz CT molecular complexity index is 1050. The number of nitriles is 1.